The van der Waals surface area contributed by atoms with Gasteiger partial charge in [-0.2, -0.15) is 0 Å². The number of hydrogen-bond donors (Lipinski definition) is 3. The molecule has 2 rings (SSSR count). The van der Waals surface area contributed by atoms with E-state index in [1.165, 1.54) is 0 Å². The zero-order valence-electron chi connectivity index (χ0n) is 16.6. The van der Waals surface area contributed by atoms with Gasteiger partial charge >= 0.3 is 0 Å². The molecule has 1 heterocycles. The number of ether oxygens (including phenoxy) is 1. The van der Waals surface area contributed by atoms with Crippen LogP contribution in [-0.4, -0.2) is 50.3 Å². The summed E-state index contributed by atoms with van der Waals surface area (Å²) in [4.78, 5) is 16.4. The minimum Gasteiger partial charge on any atom is -0.378 e. The maximum absolute atomic E-state index is 12.0. The largest absolute Gasteiger partial charge is 0.378 e. The summed E-state index contributed by atoms with van der Waals surface area (Å²) in [7, 11) is 1.55. The van der Waals surface area contributed by atoms with E-state index in [2.05, 4.69) is 34.8 Å². The number of rotatable bonds is 10. The third kappa shape index (κ3) is 7.01. The Morgan fingerprint density at radius 2 is 1.83 bits per heavy atom. The first-order chi connectivity index (χ1) is 13.8. The molecule has 0 spiro atoms. The maximum atomic E-state index is 12.0. The summed E-state index contributed by atoms with van der Waals surface area (Å²) >= 11 is 18.7. The van der Waals surface area contributed by atoms with Crippen molar-refractivity contribution in [3.05, 3.63) is 45.0 Å². The summed E-state index contributed by atoms with van der Waals surface area (Å²) in [5.74, 6) is 0.209. The number of pyridine rings is 1. The van der Waals surface area contributed by atoms with Crippen molar-refractivity contribution in [2.45, 2.75) is 19.9 Å². The van der Waals surface area contributed by atoms with E-state index in [9.17, 15) is 4.79 Å². The molecule has 1 amide bonds. The molecule has 0 unspecified atom stereocenters. The molecule has 3 N–H and O–H groups in total. The first-order valence-corrected chi connectivity index (χ1v) is 10.4. The number of amides is 1. The summed E-state index contributed by atoms with van der Waals surface area (Å²) in [6.45, 7) is 6.54. The molecular formula is C20H25Cl3N4O2. The van der Waals surface area contributed by atoms with Gasteiger partial charge in [-0.25, -0.2) is 4.98 Å². The standard InChI is InChI=1S/C20H25Cl3N4O2/c1-12(2)25-6-8-29-9-7-26-19-14(4-5-17(27-19)20(28)24-3)15-10-13(21)11-16(22)18(15)23/h4-5,10-12,25H,6-9H2,1-3H3,(H,24,28)(H,26,27). The maximum Gasteiger partial charge on any atom is 0.269 e. The molecular weight excluding hydrogens is 435 g/mol. The number of carbonyl (C=O) groups excluding carboxylic acids is 1. The number of carbonyl (C=O) groups is 1. The molecule has 29 heavy (non-hydrogen) atoms. The van der Waals surface area contributed by atoms with Crippen molar-refractivity contribution in [2.75, 3.05) is 38.7 Å². The monoisotopic (exact) mass is 458 g/mol. The fourth-order valence-electron chi connectivity index (χ4n) is 2.58. The van der Waals surface area contributed by atoms with Crippen molar-refractivity contribution in [3.8, 4) is 11.1 Å². The number of halogens is 3. The molecule has 0 fully saturated rings. The minimum atomic E-state index is -0.286. The number of benzene rings is 1. The van der Waals surface area contributed by atoms with Crippen LogP contribution in [0.4, 0.5) is 5.82 Å². The molecule has 0 aliphatic carbocycles. The Bertz CT molecular complexity index is 847. The topological polar surface area (TPSA) is 75.3 Å². The number of hydrogen-bond acceptors (Lipinski definition) is 5. The lowest BCUT2D eigenvalue weighted by atomic mass is 10.1. The van der Waals surface area contributed by atoms with Crippen molar-refractivity contribution in [1.82, 2.24) is 15.6 Å². The van der Waals surface area contributed by atoms with Gasteiger partial charge in [0.05, 0.1) is 23.3 Å². The SMILES string of the molecule is CNC(=O)c1ccc(-c2cc(Cl)cc(Cl)c2Cl)c(NCCOCCNC(C)C)n1. The summed E-state index contributed by atoms with van der Waals surface area (Å²) in [6.07, 6.45) is 0. The highest BCUT2D eigenvalue weighted by Gasteiger charge is 2.16. The Labute approximate surface area is 186 Å². The fraction of sp³-hybridized carbons (Fsp3) is 0.400. The number of nitrogens with zero attached hydrogens (tertiary/aromatic N) is 1. The van der Waals surface area contributed by atoms with Gasteiger partial charge in [0, 0.05) is 42.3 Å². The first-order valence-electron chi connectivity index (χ1n) is 9.26. The normalized spacial score (nSPS) is 11.0. The number of anilines is 1. The first kappa shape index (κ1) is 23.7. The second-order valence-corrected chi connectivity index (χ2v) is 7.79. The quantitative estimate of drug-likeness (QED) is 0.360. The van der Waals surface area contributed by atoms with E-state index in [0.29, 0.717) is 57.8 Å². The Balaban J connectivity index is 2.18. The van der Waals surface area contributed by atoms with Crippen molar-refractivity contribution in [3.63, 3.8) is 0 Å². The molecule has 2 aromatic rings. The van der Waals surface area contributed by atoms with E-state index in [4.69, 9.17) is 39.5 Å². The molecule has 0 radical (unpaired) electrons. The highest BCUT2D eigenvalue weighted by molar-refractivity contribution is 6.45. The molecule has 9 heteroatoms. The fourth-order valence-corrected chi connectivity index (χ4v) is 3.29. The van der Waals surface area contributed by atoms with Crippen LogP contribution in [0.3, 0.4) is 0 Å². The third-order valence-corrected chi connectivity index (χ3v) is 5.00. The summed E-state index contributed by atoms with van der Waals surface area (Å²) in [5.41, 5.74) is 1.60. The molecule has 6 nitrogen and oxygen atoms in total. The zero-order valence-corrected chi connectivity index (χ0v) is 18.9. The average molecular weight is 460 g/mol. The zero-order chi connectivity index (χ0) is 21.4. The van der Waals surface area contributed by atoms with Crippen LogP contribution in [-0.2, 0) is 4.74 Å². The summed E-state index contributed by atoms with van der Waals surface area (Å²) in [5, 5.41) is 10.2. The van der Waals surface area contributed by atoms with Crippen molar-refractivity contribution in [1.29, 1.82) is 0 Å². The van der Waals surface area contributed by atoms with Crippen LogP contribution < -0.4 is 16.0 Å². The van der Waals surface area contributed by atoms with Gasteiger partial charge in [0.2, 0.25) is 0 Å². The Hall–Kier alpha value is -1.57. The molecule has 0 aliphatic rings. The summed E-state index contributed by atoms with van der Waals surface area (Å²) < 4.78 is 5.61. The lowest BCUT2D eigenvalue weighted by Gasteiger charge is -2.15. The molecule has 158 valence electrons. The van der Waals surface area contributed by atoms with Gasteiger partial charge < -0.3 is 20.7 Å². The van der Waals surface area contributed by atoms with Crippen LogP contribution in [0.15, 0.2) is 24.3 Å². The van der Waals surface area contributed by atoms with Crippen molar-refractivity contribution >= 4 is 46.5 Å². The van der Waals surface area contributed by atoms with E-state index in [0.717, 1.165) is 6.54 Å². The third-order valence-electron chi connectivity index (χ3n) is 3.98. The molecule has 1 aromatic heterocycles. The highest BCUT2D eigenvalue weighted by atomic mass is 35.5. The predicted octanol–water partition coefficient (Wildman–Crippen LogP) is 4.49. The van der Waals surface area contributed by atoms with Crippen LogP contribution in [0.5, 0.6) is 0 Å². The molecule has 0 saturated carbocycles. The van der Waals surface area contributed by atoms with Crippen molar-refractivity contribution in [2.24, 2.45) is 0 Å². The molecule has 0 aliphatic heterocycles. The van der Waals surface area contributed by atoms with Gasteiger partial charge in [-0.05, 0) is 24.3 Å². The Morgan fingerprint density at radius 1 is 1.10 bits per heavy atom. The molecule has 0 atom stereocenters. The van der Waals surface area contributed by atoms with E-state index >= 15 is 0 Å². The van der Waals surface area contributed by atoms with Crippen LogP contribution in [0.2, 0.25) is 15.1 Å². The predicted molar refractivity (Wildman–Crippen MR) is 121 cm³/mol. The number of aromatic nitrogens is 1. The van der Waals surface area contributed by atoms with E-state index in [1.807, 2.05) is 0 Å². The van der Waals surface area contributed by atoms with E-state index < -0.39 is 0 Å². The second-order valence-electron chi connectivity index (χ2n) is 6.57. The summed E-state index contributed by atoms with van der Waals surface area (Å²) in [6, 6.07) is 7.10. The molecule has 0 bridgehead atoms. The van der Waals surface area contributed by atoms with Crippen LogP contribution >= 0.6 is 34.8 Å². The van der Waals surface area contributed by atoms with Crippen molar-refractivity contribution < 1.29 is 9.53 Å². The van der Waals surface area contributed by atoms with Gasteiger partial charge in [0.15, 0.2) is 0 Å². The van der Waals surface area contributed by atoms with Gasteiger partial charge in [-0.3, -0.25) is 4.79 Å². The minimum absolute atomic E-state index is 0.282. The Morgan fingerprint density at radius 3 is 2.52 bits per heavy atom. The van der Waals surface area contributed by atoms with E-state index in [1.54, 1.807) is 31.3 Å². The second kappa shape index (κ2) is 11.6. The molecule has 1 aromatic carbocycles. The van der Waals surface area contributed by atoms with Gasteiger partial charge in [0.25, 0.3) is 5.91 Å². The number of nitrogens with one attached hydrogen (secondary N) is 3. The molecule has 0 saturated heterocycles. The smallest absolute Gasteiger partial charge is 0.269 e. The van der Waals surface area contributed by atoms with Crippen LogP contribution in [0.1, 0.15) is 24.3 Å². The van der Waals surface area contributed by atoms with Gasteiger partial charge in [0.1, 0.15) is 11.5 Å². The average Bonchev–Trinajstić information content (AvgIpc) is 2.69. The Kier molecular flexibility index (Phi) is 9.46. The lowest BCUT2D eigenvalue weighted by molar-refractivity contribution is 0.0958. The van der Waals surface area contributed by atoms with Gasteiger partial charge in [-0.15, -0.1) is 0 Å². The lowest BCUT2D eigenvalue weighted by Crippen LogP contribution is -2.27. The van der Waals surface area contributed by atoms with E-state index in [-0.39, 0.29) is 11.6 Å². The highest BCUT2D eigenvalue weighted by Crippen LogP contribution is 2.39. The van der Waals surface area contributed by atoms with Crippen LogP contribution in [0, 0.1) is 0 Å². The van der Waals surface area contributed by atoms with Gasteiger partial charge in [-0.1, -0.05) is 48.7 Å². The van der Waals surface area contributed by atoms with Crippen LogP contribution in [0.25, 0.3) is 11.1 Å².